The van der Waals surface area contributed by atoms with E-state index in [1.165, 1.54) is 61.1 Å². The Bertz CT molecular complexity index is 2880. The molecule has 280 valence electrons. The van der Waals surface area contributed by atoms with Gasteiger partial charge in [-0.3, -0.25) is 4.57 Å². The summed E-state index contributed by atoms with van der Waals surface area (Å²) in [6.45, 7) is 14.5. The van der Waals surface area contributed by atoms with Crippen molar-refractivity contribution in [1.29, 1.82) is 0 Å². The molecule has 0 atom stereocenters. The second-order valence-corrected chi connectivity index (χ2v) is 18.0. The zero-order chi connectivity index (χ0) is 38.8. The van der Waals surface area contributed by atoms with E-state index in [4.69, 9.17) is 9.72 Å². The molecule has 0 amide bonds. The van der Waals surface area contributed by atoms with E-state index in [2.05, 4.69) is 195 Å². The lowest BCUT2D eigenvalue weighted by atomic mass is 9.61. The molecular formula is C52H46N4O. The number of para-hydroxylation sites is 1. The van der Waals surface area contributed by atoms with Gasteiger partial charge in [0.25, 0.3) is 0 Å². The Labute approximate surface area is 334 Å². The quantitative estimate of drug-likeness (QED) is 0.180. The Morgan fingerprint density at radius 3 is 1.82 bits per heavy atom. The summed E-state index contributed by atoms with van der Waals surface area (Å²) < 4.78 is 9.04. The molecule has 0 saturated heterocycles. The van der Waals surface area contributed by atoms with Gasteiger partial charge in [-0.1, -0.05) is 93.6 Å². The smallest absolute Gasteiger partial charge is 0.137 e. The number of fused-ring (bicyclic) bond motifs is 4. The van der Waals surface area contributed by atoms with Crippen LogP contribution >= 0.6 is 0 Å². The van der Waals surface area contributed by atoms with Crippen LogP contribution in [0.25, 0.3) is 27.6 Å². The summed E-state index contributed by atoms with van der Waals surface area (Å²) in [5.41, 5.74) is 15.7. The molecule has 6 aromatic carbocycles. The number of aromatic nitrogens is 2. The Hall–Kier alpha value is -6.33. The number of pyridine rings is 1. The van der Waals surface area contributed by atoms with E-state index in [1.54, 1.807) is 0 Å². The van der Waals surface area contributed by atoms with Gasteiger partial charge in [-0.15, -0.1) is 0 Å². The molecule has 2 aromatic heterocycles. The summed E-state index contributed by atoms with van der Waals surface area (Å²) in [6.07, 6.45) is 1.93. The first-order valence-electron chi connectivity index (χ1n) is 20.2. The molecule has 5 nitrogen and oxygen atoms in total. The SMILES string of the molecule is CC(C)(C)c1ccnc(-n2c3ccccc3c3ccc(Oc4cccc(N5CN(C(C)(C)C)c6cc7c(cc65)C5c6ccccc6C7c6ccccc65)c4)cc32)c1. The maximum Gasteiger partial charge on any atom is 0.137 e. The number of anilines is 3. The largest absolute Gasteiger partial charge is 0.457 e. The van der Waals surface area contributed by atoms with Crippen LogP contribution < -0.4 is 14.5 Å². The molecule has 8 aromatic rings. The van der Waals surface area contributed by atoms with Gasteiger partial charge in [0.1, 0.15) is 17.3 Å². The van der Waals surface area contributed by atoms with Gasteiger partial charge in [0, 0.05) is 52.2 Å². The van der Waals surface area contributed by atoms with Gasteiger partial charge >= 0.3 is 0 Å². The van der Waals surface area contributed by atoms with Crippen LogP contribution in [-0.2, 0) is 5.41 Å². The van der Waals surface area contributed by atoms with Gasteiger partial charge in [-0.2, -0.15) is 0 Å². The summed E-state index contributed by atoms with van der Waals surface area (Å²) in [5.74, 6) is 2.96. The van der Waals surface area contributed by atoms with E-state index in [1.807, 2.05) is 6.20 Å². The molecule has 0 radical (unpaired) electrons. The third kappa shape index (κ3) is 5.18. The topological polar surface area (TPSA) is 33.5 Å². The van der Waals surface area contributed by atoms with Crippen molar-refractivity contribution in [2.75, 3.05) is 16.5 Å². The number of ether oxygens (including phenoxy) is 1. The van der Waals surface area contributed by atoms with Gasteiger partial charge in [-0.25, -0.2) is 4.98 Å². The Morgan fingerprint density at radius 1 is 0.544 bits per heavy atom. The standard InChI is InChI=1S/C52H46N4O/c1-51(2,3)32-24-25-53-48(26-32)56-44-21-12-11-16-36(44)37-23-22-35(28-45(37)56)57-34-15-13-14-33(27-34)54-31-55(52(4,5)6)47-30-43-42(29-46(47)54)49-38-17-7-9-19-40(38)50(43)41-20-10-8-18-39(41)49/h7-30,49-50H,31H2,1-6H3. The minimum absolute atomic E-state index is 0.00529. The van der Waals surface area contributed by atoms with E-state index in [9.17, 15) is 0 Å². The van der Waals surface area contributed by atoms with E-state index in [0.717, 1.165) is 40.7 Å². The number of nitrogens with zero attached hydrogens (tertiary/aromatic N) is 4. The summed E-state index contributed by atoms with van der Waals surface area (Å²) in [5, 5.41) is 2.37. The maximum atomic E-state index is 6.77. The van der Waals surface area contributed by atoms with E-state index in [0.29, 0.717) is 0 Å². The minimum Gasteiger partial charge on any atom is -0.457 e. The number of benzene rings is 6. The molecule has 4 aliphatic rings. The van der Waals surface area contributed by atoms with E-state index in [-0.39, 0.29) is 22.8 Å². The van der Waals surface area contributed by atoms with Crippen molar-refractivity contribution in [3.8, 4) is 17.3 Å². The van der Waals surface area contributed by atoms with Crippen molar-refractivity contribution >= 4 is 38.9 Å². The maximum absolute atomic E-state index is 6.77. The van der Waals surface area contributed by atoms with Crippen LogP contribution in [0.1, 0.15) is 92.3 Å². The Morgan fingerprint density at radius 2 is 1.16 bits per heavy atom. The average Bonchev–Trinajstić information content (AvgIpc) is 3.75. The highest BCUT2D eigenvalue weighted by atomic mass is 16.5. The lowest BCUT2D eigenvalue weighted by Gasteiger charge is -2.43. The van der Waals surface area contributed by atoms with Crippen LogP contribution in [0.15, 0.2) is 146 Å². The van der Waals surface area contributed by atoms with Gasteiger partial charge in [-0.05, 0) is 120 Å². The van der Waals surface area contributed by atoms with Crippen molar-refractivity contribution < 1.29 is 4.74 Å². The van der Waals surface area contributed by atoms with Crippen LogP contribution in [0, 0.1) is 0 Å². The zero-order valence-corrected chi connectivity index (χ0v) is 33.4. The second kappa shape index (κ2) is 12.1. The van der Waals surface area contributed by atoms with Crippen LogP contribution in [0.2, 0.25) is 0 Å². The van der Waals surface area contributed by atoms with Crippen LogP contribution in [0.3, 0.4) is 0 Å². The molecule has 0 unspecified atom stereocenters. The third-order valence-corrected chi connectivity index (χ3v) is 12.6. The molecule has 3 heterocycles. The van der Waals surface area contributed by atoms with Crippen molar-refractivity contribution in [1.82, 2.24) is 9.55 Å². The molecular weight excluding hydrogens is 697 g/mol. The molecule has 0 N–H and O–H groups in total. The molecule has 5 heteroatoms. The monoisotopic (exact) mass is 742 g/mol. The highest BCUT2D eigenvalue weighted by Gasteiger charge is 2.44. The third-order valence-electron chi connectivity index (χ3n) is 12.6. The predicted molar refractivity (Wildman–Crippen MR) is 234 cm³/mol. The normalized spacial score (nSPS) is 16.8. The van der Waals surface area contributed by atoms with Crippen molar-refractivity contribution in [2.24, 2.45) is 0 Å². The molecule has 12 rings (SSSR count). The van der Waals surface area contributed by atoms with Crippen molar-refractivity contribution in [2.45, 2.75) is 64.3 Å². The summed E-state index contributed by atoms with van der Waals surface area (Å²) in [4.78, 5) is 9.92. The highest BCUT2D eigenvalue weighted by Crippen LogP contribution is 2.59. The van der Waals surface area contributed by atoms with Gasteiger partial charge in [0.15, 0.2) is 0 Å². The summed E-state index contributed by atoms with van der Waals surface area (Å²) >= 11 is 0. The molecule has 2 bridgehead atoms. The molecule has 57 heavy (non-hydrogen) atoms. The molecule has 0 fully saturated rings. The van der Waals surface area contributed by atoms with Gasteiger partial charge in [0.05, 0.1) is 29.1 Å². The Kier molecular flexibility index (Phi) is 7.20. The lowest BCUT2D eigenvalue weighted by molar-refractivity contribution is 0.483. The van der Waals surface area contributed by atoms with Crippen LogP contribution in [-0.4, -0.2) is 21.8 Å². The summed E-state index contributed by atoms with van der Waals surface area (Å²) in [7, 11) is 0. The average molecular weight is 743 g/mol. The first-order chi connectivity index (χ1) is 27.5. The fourth-order valence-electron chi connectivity index (χ4n) is 9.83. The second-order valence-electron chi connectivity index (χ2n) is 18.0. The number of hydrogen-bond acceptors (Lipinski definition) is 4. The van der Waals surface area contributed by atoms with E-state index >= 15 is 0 Å². The van der Waals surface area contributed by atoms with Crippen molar-refractivity contribution in [3.05, 3.63) is 185 Å². The van der Waals surface area contributed by atoms with Gasteiger partial charge in [0.2, 0.25) is 0 Å². The van der Waals surface area contributed by atoms with Gasteiger partial charge < -0.3 is 14.5 Å². The fourth-order valence-corrected chi connectivity index (χ4v) is 9.83. The van der Waals surface area contributed by atoms with E-state index < -0.39 is 0 Å². The number of rotatable bonds is 4. The molecule has 0 saturated carbocycles. The molecule has 3 aliphatic carbocycles. The van der Waals surface area contributed by atoms with Crippen molar-refractivity contribution in [3.63, 3.8) is 0 Å². The fraction of sp³-hybridized carbons (Fsp3) is 0.212. The Balaban J connectivity index is 0.991. The molecule has 0 spiro atoms. The highest BCUT2D eigenvalue weighted by molar-refractivity contribution is 6.09. The first-order valence-corrected chi connectivity index (χ1v) is 20.2. The summed E-state index contributed by atoms with van der Waals surface area (Å²) in [6, 6.07) is 51.2. The number of hydrogen-bond donors (Lipinski definition) is 0. The van der Waals surface area contributed by atoms with Crippen LogP contribution in [0.4, 0.5) is 17.1 Å². The first kappa shape index (κ1) is 34.0. The molecule has 1 aliphatic heterocycles. The predicted octanol–water partition coefficient (Wildman–Crippen LogP) is 13.0. The zero-order valence-electron chi connectivity index (χ0n) is 33.4. The van der Waals surface area contributed by atoms with Crippen LogP contribution in [0.5, 0.6) is 11.5 Å². The minimum atomic E-state index is -0.0789. The lowest BCUT2D eigenvalue weighted by Crippen LogP contribution is -2.42.